The van der Waals surface area contributed by atoms with E-state index in [1.54, 1.807) is 30.6 Å². The van der Waals surface area contributed by atoms with E-state index in [1.165, 1.54) is 19.1 Å². The highest BCUT2D eigenvalue weighted by atomic mass is 35.5. The zero-order chi connectivity index (χ0) is 18.9. The van der Waals surface area contributed by atoms with E-state index >= 15 is 0 Å². The van der Waals surface area contributed by atoms with Gasteiger partial charge in [-0.15, -0.1) is 0 Å². The second-order valence-electron chi connectivity index (χ2n) is 5.46. The van der Waals surface area contributed by atoms with E-state index in [-0.39, 0.29) is 10.8 Å². The Kier molecular flexibility index (Phi) is 5.59. The SMILES string of the molecule is Cc1nn(C)c(N(C)c2cc(O[C@@H](C)C(=O)O)c(Cl)cc2Cl)c1C=O. The van der Waals surface area contributed by atoms with Crippen LogP contribution in [0.15, 0.2) is 12.1 Å². The predicted octanol–water partition coefficient (Wildman–Crippen LogP) is 3.47. The number of anilines is 2. The average molecular weight is 386 g/mol. The van der Waals surface area contributed by atoms with Gasteiger partial charge in [-0.2, -0.15) is 5.10 Å². The van der Waals surface area contributed by atoms with Gasteiger partial charge in [0.25, 0.3) is 0 Å². The Labute approximate surface area is 154 Å². The van der Waals surface area contributed by atoms with Crippen LogP contribution in [0.3, 0.4) is 0 Å². The van der Waals surface area contributed by atoms with Gasteiger partial charge >= 0.3 is 5.97 Å². The lowest BCUT2D eigenvalue weighted by atomic mass is 10.2. The number of hydrogen-bond donors (Lipinski definition) is 1. The topological polar surface area (TPSA) is 84.7 Å². The molecule has 0 saturated heterocycles. The van der Waals surface area contributed by atoms with Crippen molar-refractivity contribution < 1.29 is 19.4 Å². The maximum Gasteiger partial charge on any atom is 0.344 e. The van der Waals surface area contributed by atoms with Gasteiger partial charge in [-0.1, -0.05) is 23.2 Å². The molecule has 0 saturated carbocycles. The summed E-state index contributed by atoms with van der Waals surface area (Å²) < 4.78 is 6.93. The maximum atomic E-state index is 11.4. The van der Waals surface area contributed by atoms with Crippen LogP contribution in [0.5, 0.6) is 5.75 Å². The molecule has 1 aromatic heterocycles. The predicted molar refractivity (Wildman–Crippen MR) is 95.6 cm³/mol. The second-order valence-corrected chi connectivity index (χ2v) is 6.27. The van der Waals surface area contributed by atoms with Gasteiger partial charge in [-0.05, 0) is 19.9 Å². The maximum absolute atomic E-state index is 11.4. The molecule has 0 spiro atoms. The first-order valence-corrected chi connectivity index (χ1v) is 8.04. The number of carboxylic acid groups (broad SMARTS) is 1. The molecule has 1 atom stereocenters. The number of aliphatic carboxylic acids is 1. The Hall–Kier alpha value is -2.25. The fourth-order valence-corrected chi connectivity index (χ4v) is 2.97. The molecule has 0 bridgehead atoms. The van der Waals surface area contributed by atoms with Gasteiger partial charge in [0.15, 0.2) is 12.4 Å². The molecule has 7 nitrogen and oxygen atoms in total. The zero-order valence-corrected chi connectivity index (χ0v) is 15.6. The minimum Gasteiger partial charge on any atom is -0.479 e. The highest BCUT2D eigenvalue weighted by molar-refractivity contribution is 6.37. The van der Waals surface area contributed by atoms with E-state index in [0.29, 0.717) is 27.8 Å². The molecule has 1 N–H and O–H groups in total. The molecule has 0 unspecified atom stereocenters. The molecule has 134 valence electrons. The van der Waals surface area contributed by atoms with Crippen molar-refractivity contribution in [3.8, 4) is 5.75 Å². The van der Waals surface area contributed by atoms with Crippen molar-refractivity contribution in [1.29, 1.82) is 0 Å². The number of ether oxygens (including phenoxy) is 1. The molecule has 9 heteroatoms. The second kappa shape index (κ2) is 7.33. The van der Waals surface area contributed by atoms with Gasteiger partial charge in [0.1, 0.15) is 11.6 Å². The number of carboxylic acids is 1. The van der Waals surface area contributed by atoms with E-state index < -0.39 is 12.1 Å². The Morgan fingerprint density at radius 1 is 1.40 bits per heavy atom. The summed E-state index contributed by atoms with van der Waals surface area (Å²) in [5.74, 6) is -0.408. The standard InChI is InChI=1S/C16H17Cl2N3O4/c1-8-10(7-22)15(21(4)19-8)20(3)13-6-14(12(18)5-11(13)17)25-9(2)16(23)24/h5-7,9H,1-4H3,(H,23,24)/t9-/m0/s1. The summed E-state index contributed by atoms with van der Waals surface area (Å²) in [6, 6.07) is 2.99. The minimum atomic E-state index is -1.12. The molecule has 0 amide bonds. The van der Waals surface area contributed by atoms with E-state index in [9.17, 15) is 9.59 Å². The third-order valence-corrected chi connectivity index (χ3v) is 4.29. The number of rotatable bonds is 6. The summed E-state index contributed by atoms with van der Waals surface area (Å²) in [5.41, 5.74) is 1.50. The zero-order valence-electron chi connectivity index (χ0n) is 14.1. The van der Waals surface area contributed by atoms with Crippen LogP contribution in [-0.2, 0) is 11.8 Å². The van der Waals surface area contributed by atoms with Gasteiger partial charge in [-0.3, -0.25) is 9.48 Å². The van der Waals surface area contributed by atoms with Crippen LogP contribution in [0.1, 0.15) is 23.0 Å². The van der Waals surface area contributed by atoms with E-state index in [2.05, 4.69) is 5.10 Å². The van der Waals surface area contributed by atoms with Gasteiger partial charge in [0.2, 0.25) is 0 Å². The Morgan fingerprint density at radius 3 is 2.60 bits per heavy atom. The quantitative estimate of drug-likeness (QED) is 0.766. The van der Waals surface area contributed by atoms with Crippen molar-refractivity contribution in [2.45, 2.75) is 20.0 Å². The molecule has 2 aromatic rings. The van der Waals surface area contributed by atoms with E-state index in [0.717, 1.165) is 6.29 Å². The van der Waals surface area contributed by atoms with Crippen LogP contribution >= 0.6 is 23.2 Å². The summed E-state index contributed by atoms with van der Waals surface area (Å²) >= 11 is 12.4. The molecule has 0 fully saturated rings. The van der Waals surface area contributed by atoms with Crippen LogP contribution in [0, 0.1) is 6.92 Å². The van der Waals surface area contributed by atoms with Gasteiger partial charge in [0, 0.05) is 20.2 Å². The number of aldehydes is 1. The highest BCUT2D eigenvalue weighted by Gasteiger charge is 2.22. The van der Waals surface area contributed by atoms with Crippen LogP contribution in [-0.4, -0.2) is 40.3 Å². The average Bonchev–Trinajstić information content (AvgIpc) is 2.82. The molecule has 1 heterocycles. The number of carbonyl (C=O) groups is 2. The lowest BCUT2D eigenvalue weighted by molar-refractivity contribution is -0.144. The number of nitrogens with zero attached hydrogens (tertiary/aromatic N) is 3. The number of aryl methyl sites for hydroxylation is 2. The number of benzene rings is 1. The van der Waals surface area contributed by atoms with E-state index in [4.69, 9.17) is 33.0 Å². The third-order valence-electron chi connectivity index (χ3n) is 3.69. The molecule has 0 aliphatic carbocycles. The fourth-order valence-electron chi connectivity index (χ4n) is 2.42. The van der Waals surface area contributed by atoms with Crippen LogP contribution < -0.4 is 9.64 Å². The smallest absolute Gasteiger partial charge is 0.344 e. The van der Waals surface area contributed by atoms with Crippen molar-refractivity contribution in [3.05, 3.63) is 33.4 Å². The Morgan fingerprint density at radius 2 is 2.04 bits per heavy atom. The molecule has 1 aromatic carbocycles. The third kappa shape index (κ3) is 3.72. The van der Waals surface area contributed by atoms with Crippen molar-refractivity contribution in [1.82, 2.24) is 9.78 Å². The largest absolute Gasteiger partial charge is 0.479 e. The Bertz CT molecular complexity index is 835. The number of aromatic nitrogens is 2. The lowest BCUT2D eigenvalue weighted by Gasteiger charge is -2.23. The summed E-state index contributed by atoms with van der Waals surface area (Å²) in [6.07, 6.45) is -0.358. The Balaban J connectivity index is 2.52. The number of carbonyl (C=O) groups excluding carboxylic acids is 1. The first-order chi connectivity index (χ1) is 11.7. The molecule has 2 rings (SSSR count). The van der Waals surface area contributed by atoms with Crippen molar-refractivity contribution in [3.63, 3.8) is 0 Å². The lowest BCUT2D eigenvalue weighted by Crippen LogP contribution is -2.23. The van der Waals surface area contributed by atoms with E-state index in [1.807, 2.05) is 0 Å². The van der Waals surface area contributed by atoms with Gasteiger partial charge in [0.05, 0.1) is 27.0 Å². The van der Waals surface area contributed by atoms with Crippen molar-refractivity contribution >= 4 is 47.0 Å². The fraction of sp³-hybridized carbons (Fsp3) is 0.312. The summed E-state index contributed by atoms with van der Waals surface area (Å²) in [6.45, 7) is 3.12. The molecule has 25 heavy (non-hydrogen) atoms. The van der Waals surface area contributed by atoms with Crippen molar-refractivity contribution in [2.75, 3.05) is 11.9 Å². The summed E-state index contributed by atoms with van der Waals surface area (Å²) in [4.78, 5) is 24.1. The molecular weight excluding hydrogens is 369 g/mol. The molecule has 0 aliphatic heterocycles. The number of hydrogen-bond acceptors (Lipinski definition) is 5. The first kappa shape index (κ1) is 19.1. The molecular formula is C16H17Cl2N3O4. The summed E-state index contributed by atoms with van der Waals surface area (Å²) in [5, 5.41) is 13.7. The molecule has 0 radical (unpaired) electrons. The summed E-state index contributed by atoms with van der Waals surface area (Å²) in [7, 11) is 3.42. The number of halogens is 2. The minimum absolute atomic E-state index is 0.175. The van der Waals surface area contributed by atoms with Gasteiger partial charge < -0.3 is 14.7 Å². The molecule has 0 aliphatic rings. The monoisotopic (exact) mass is 385 g/mol. The van der Waals surface area contributed by atoms with Crippen LogP contribution in [0.4, 0.5) is 11.5 Å². The normalized spacial score (nSPS) is 11.9. The first-order valence-electron chi connectivity index (χ1n) is 7.28. The van der Waals surface area contributed by atoms with Gasteiger partial charge in [-0.25, -0.2) is 4.79 Å². The van der Waals surface area contributed by atoms with Crippen molar-refractivity contribution in [2.24, 2.45) is 7.05 Å². The van der Waals surface area contributed by atoms with Crippen LogP contribution in [0.2, 0.25) is 10.0 Å². The highest BCUT2D eigenvalue weighted by Crippen LogP contribution is 2.39. The van der Waals surface area contributed by atoms with Crippen LogP contribution in [0.25, 0.3) is 0 Å².